The van der Waals surface area contributed by atoms with Gasteiger partial charge >= 0.3 is 5.97 Å². The number of hydrogen-bond acceptors (Lipinski definition) is 7. The predicted molar refractivity (Wildman–Crippen MR) is 78.4 cm³/mol. The van der Waals surface area contributed by atoms with Crippen molar-refractivity contribution in [3.8, 4) is 0 Å². The standard InChI is InChI=1S/C14H22N4O3/c1-9-5-12(16-13(15-9)14(20)21-4)18-8-11(19)6-10(18)7-17(2)3/h5,10-11,19H,6-8H2,1-4H3. The molecule has 1 aliphatic heterocycles. The summed E-state index contributed by atoms with van der Waals surface area (Å²) >= 11 is 0. The molecule has 7 nitrogen and oxygen atoms in total. The van der Waals surface area contributed by atoms with Crippen molar-refractivity contribution < 1.29 is 14.6 Å². The average Bonchev–Trinajstić information content (AvgIpc) is 2.77. The number of aliphatic hydroxyl groups excluding tert-OH is 1. The Bertz CT molecular complexity index is 521. The molecule has 2 atom stereocenters. The second kappa shape index (κ2) is 6.36. The van der Waals surface area contributed by atoms with Gasteiger partial charge in [-0.05, 0) is 27.4 Å². The van der Waals surface area contributed by atoms with Gasteiger partial charge in [-0.2, -0.15) is 0 Å². The zero-order valence-corrected chi connectivity index (χ0v) is 12.9. The number of esters is 1. The number of carbonyl (C=O) groups is 1. The Morgan fingerprint density at radius 3 is 2.86 bits per heavy atom. The molecule has 1 N–H and O–H groups in total. The monoisotopic (exact) mass is 294 g/mol. The molecule has 2 unspecified atom stereocenters. The lowest BCUT2D eigenvalue weighted by Gasteiger charge is -2.28. The van der Waals surface area contributed by atoms with Crippen LogP contribution in [-0.4, -0.2) is 72.4 Å². The lowest BCUT2D eigenvalue weighted by Crippen LogP contribution is -2.38. The van der Waals surface area contributed by atoms with Gasteiger partial charge < -0.3 is 19.6 Å². The predicted octanol–water partition coefficient (Wildman–Crippen LogP) is 0.0728. The first-order valence-corrected chi connectivity index (χ1v) is 6.94. The largest absolute Gasteiger partial charge is 0.463 e. The Morgan fingerprint density at radius 1 is 1.52 bits per heavy atom. The molecular weight excluding hydrogens is 272 g/mol. The number of β-amino-alcohol motifs (C(OH)–C–C–N with tert-alkyl or cyclic N) is 1. The lowest BCUT2D eigenvalue weighted by molar-refractivity contribution is 0.0586. The molecule has 0 amide bonds. The molecule has 116 valence electrons. The maximum absolute atomic E-state index is 11.6. The summed E-state index contributed by atoms with van der Waals surface area (Å²) in [5.74, 6) is 0.160. The highest BCUT2D eigenvalue weighted by molar-refractivity contribution is 5.85. The molecular formula is C14H22N4O3. The summed E-state index contributed by atoms with van der Waals surface area (Å²) in [5.41, 5.74) is 0.699. The molecule has 0 saturated carbocycles. The number of aromatic nitrogens is 2. The Labute approximate surface area is 124 Å². The number of rotatable bonds is 4. The van der Waals surface area contributed by atoms with E-state index in [2.05, 4.69) is 19.6 Å². The molecule has 0 spiro atoms. The van der Waals surface area contributed by atoms with Gasteiger partial charge in [0.05, 0.1) is 13.2 Å². The average molecular weight is 294 g/mol. The summed E-state index contributed by atoms with van der Waals surface area (Å²) in [5, 5.41) is 9.94. The first kappa shape index (κ1) is 15.7. The Morgan fingerprint density at radius 2 is 2.24 bits per heavy atom. The van der Waals surface area contributed by atoms with Crippen LogP contribution < -0.4 is 4.90 Å². The molecule has 0 radical (unpaired) electrons. The molecule has 2 heterocycles. The van der Waals surface area contributed by atoms with Gasteiger partial charge in [0.1, 0.15) is 5.82 Å². The van der Waals surface area contributed by atoms with E-state index in [1.54, 1.807) is 0 Å². The van der Waals surface area contributed by atoms with Crippen LogP contribution in [0.3, 0.4) is 0 Å². The fourth-order valence-electron chi connectivity index (χ4n) is 2.65. The number of aliphatic hydroxyl groups is 1. The minimum absolute atomic E-state index is 0.0532. The van der Waals surface area contributed by atoms with Crippen molar-refractivity contribution in [2.45, 2.75) is 25.5 Å². The van der Waals surface area contributed by atoms with Crippen LogP contribution >= 0.6 is 0 Å². The second-order valence-electron chi connectivity index (χ2n) is 5.64. The van der Waals surface area contributed by atoms with Gasteiger partial charge in [0.15, 0.2) is 0 Å². The zero-order chi connectivity index (χ0) is 15.6. The third-order valence-corrected chi connectivity index (χ3v) is 3.47. The summed E-state index contributed by atoms with van der Waals surface area (Å²) in [6.07, 6.45) is 0.307. The SMILES string of the molecule is COC(=O)c1nc(C)cc(N2CC(O)CC2CN(C)C)n1. The van der Waals surface area contributed by atoms with E-state index in [-0.39, 0.29) is 18.0 Å². The molecule has 1 saturated heterocycles. The Balaban J connectivity index is 2.30. The van der Waals surface area contributed by atoms with E-state index in [1.165, 1.54) is 7.11 Å². The number of aryl methyl sites for hydroxylation is 1. The van der Waals surface area contributed by atoms with Gasteiger partial charge in [-0.15, -0.1) is 0 Å². The van der Waals surface area contributed by atoms with E-state index in [0.717, 1.165) is 6.54 Å². The van der Waals surface area contributed by atoms with Crippen LogP contribution in [0.15, 0.2) is 6.07 Å². The van der Waals surface area contributed by atoms with Crippen molar-refractivity contribution in [2.24, 2.45) is 0 Å². The maximum atomic E-state index is 11.6. The van der Waals surface area contributed by atoms with Gasteiger partial charge in [-0.1, -0.05) is 0 Å². The number of nitrogens with zero attached hydrogens (tertiary/aromatic N) is 4. The number of ether oxygens (including phenoxy) is 1. The van der Waals surface area contributed by atoms with Gasteiger partial charge in [-0.25, -0.2) is 14.8 Å². The fourth-order valence-corrected chi connectivity index (χ4v) is 2.65. The number of carbonyl (C=O) groups excluding carboxylic acids is 1. The molecule has 0 aliphatic carbocycles. The van der Waals surface area contributed by atoms with Crippen LogP contribution in [0.1, 0.15) is 22.7 Å². The smallest absolute Gasteiger partial charge is 0.376 e. The molecule has 2 rings (SSSR count). The summed E-state index contributed by atoms with van der Waals surface area (Å²) in [4.78, 5) is 24.1. The highest BCUT2D eigenvalue weighted by Crippen LogP contribution is 2.25. The van der Waals surface area contributed by atoms with E-state index >= 15 is 0 Å². The normalized spacial score (nSPS) is 21.9. The number of likely N-dealkylation sites (N-methyl/N-ethyl adjacent to an activating group) is 1. The lowest BCUT2D eigenvalue weighted by atomic mass is 10.2. The first-order chi connectivity index (χ1) is 9.90. The molecule has 0 aromatic carbocycles. The zero-order valence-electron chi connectivity index (χ0n) is 12.9. The topological polar surface area (TPSA) is 78.8 Å². The second-order valence-corrected chi connectivity index (χ2v) is 5.64. The molecule has 0 bridgehead atoms. The van der Waals surface area contributed by atoms with Crippen LogP contribution in [0, 0.1) is 6.92 Å². The van der Waals surface area contributed by atoms with E-state index in [9.17, 15) is 9.90 Å². The molecule has 1 aromatic rings. The minimum Gasteiger partial charge on any atom is -0.463 e. The van der Waals surface area contributed by atoms with E-state index in [1.807, 2.05) is 32.0 Å². The van der Waals surface area contributed by atoms with Crippen LogP contribution in [0.2, 0.25) is 0 Å². The first-order valence-electron chi connectivity index (χ1n) is 6.94. The van der Waals surface area contributed by atoms with Crippen LogP contribution in [0.25, 0.3) is 0 Å². The summed E-state index contributed by atoms with van der Waals surface area (Å²) in [6, 6.07) is 1.99. The number of methoxy groups -OCH3 is 1. The highest BCUT2D eigenvalue weighted by atomic mass is 16.5. The van der Waals surface area contributed by atoms with Crippen molar-refractivity contribution in [1.29, 1.82) is 0 Å². The number of anilines is 1. The number of hydrogen-bond donors (Lipinski definition) is 1. The van der Waals surface area contributed by atoms with E-state index in [4.69, 9.17) is 0 Å². The van der Waals surface area contributed by atoms with E-state index < -0.39 is 5.97 Å². The van der Waals surface area contributed by atoms with Crippen molar-refractivity contribution in [3.63, 3.8) is 0 Å². The maximum Gasteiger partial charge on any atom is 0.376 e. The van der Waals surface area contributed by atoms with Crippen LogP contribution in [0.4, 0.5) is 5.82 Å². The van der Waals surface area contributed by atoms with Gasteiger partial charge in [-0.3, -0.25) is 0 Å². The molecule has 7 heteroatoms. The third kappa shape index (κ3) is 3.68. The van der Waals surface area contributed by atoms with Crippen molar-refractivity contribution in [1.82, 2.24) is 14.9 Å². The summed E-state index contributed by atoms with van der Waals surface area (Å²) in [6.45, 7) is 3.13. The van der Waals surface area contributed by atoms with Gasteiger partial charge in [0.2, 0.25) is 5.82 Å². The van der Waals surface area contributed by atoms with Gasteiger partial charge in [0, 0.05) is 30.9 Å². The van der Waals surface area contributed by atoms with Crippen molar-refractivity contribution in [3.05, 3.63) is 17.6 Å². The highest BCUT2D eigenvalue weighted by Gasteiger charge is 2.32. The fraction of sp³-hybridized carbons (Fsp3) is 0.643. The quantitative estimate of drug-likeness (QED) is 0.787. The molecule has 1 fully saturated rings. The third-order valence-electron chi connectivity index (χ3n) is 3.47. The summed E-state index contributed by atoms with van der Waals surface area (Å²) in [7, 11) is 5.30. The Hall–Kier alpha value is -1.73. The molecule has 1 aliphatic rings. The van der Waals surface area contributed by atoms with Crippen molar-refractivity contribution >= 4 is 11.8 Å². The molecule has 1 aromatic heterocycles. The summed E-state index contributed by atoms with van der Waals surface area (Å²) < 4.78 is 4.68. The van der Waals surface area contributed by atoms with Crippen LogP contribution in [0.5, 0.6) is 0 Å². The Kier molecular flexibility index (Phi) is 4.74. The van der Waals surface area contributed by atoms with Gasteiger partial charge in [0.25, 0.3) is 0 Å². The van der Waals surface area contributed by atoms with E-state index in [0.29, 0.717) is 24.5 Å². The minimum atomic E-state index is -0.552. The van der Waals surface area contributed by atoms with Crippen LogP contribution in [-0.2, 0) is 4.74 Å². The van der Waals surface area contributed by atoms with Crippen molar-refractivity contribution in [2.75, 3.05) is 39.2 Å². The molecule has 21 heavy (non-hydrogen) atoms.